The van der Waals surface area contributed by atoms with Gasteiger partial charge in [-0.15, -0.1) is 0 Å². The van der Waals surface area contributed by atoms with Gasteiger partial charge in [0.1, 0.15) is 5.75 Å². The standard InChI is InChI=1S/C20H22ClF4N3O2/c1-10(18(22)23)27-13-2-4-14(5-3-13)28-19(29)12-6-11-7-15(21)17(30-20(24)25)8-16(11)26-9-12/h6-10,13-14,18,20,27H,2-5H2,1H3,(H,28,29)/t10-,13?,14?/m0/s1. The van der Waals surface area contributed by atoms with Crippen LogP contribution in [0, 0.1) is 0 Å². The van der Waals surface area contributed by atoms with Gasteiger partial charge in [-0.25, -0.2) is 8.78 Å². The van der Waals surface area contributed by atoms with Crippen LogP contribution in [-0.4, -0.2) is 42.1 Å². The molecule has 1 atom stereocenters. The van der Waals surface area contributed by atoms with Crippen molar-refractivity contribution >= 4 is 28.4 Å². The first kappa shape index (κ1) is 22.6. The summed E-state index contributed by atoms with van der Waals surface area (Å²) in [5, 5.41) is 6.37. The van der Waals surface area contributed by atoms with E-state index in [1.165, 1.54) is 25.3 Å². The molecule has 0 saturated heterocycles. The maximum atomic E-state index is 12.7. The second-order valence-electron chi connectivity index (χ2n) is 7.39. The first-order valence-corrected chi connectivity index (χ1v) is 10.00. The number of hydrogen-bond acceptors (Lipinski definition) is 4. The predicted molar refractivity (Wildman–Crippen MR) is 105 cm³/mol. The van der Waals surface area contributed by atoms with Gasteiger partial charge in [0, 0.05) is 29.7 Å². The third-order valence-corrected chi connectivity index (χ3v) is 5.45. The van der Waals surface area contributed by atoms with E-state index in [1.54, 1.807) is 6.07 Å². The van der Waals surface area contributed by atoms with Gasteiger partial charge in [0.05, 0.1) is 22.1 Å². The highest BCUT2D eigenvalue weighted by Crippen LogP contribution is 2.31. The van der Waals surface area contributed by atoms with Crippen molar-refractivity contribution < 1.29 is 27.1 Å². The summed E-state index contributed by atoms with van der Waals surface area (Å²) in [4.78, 5) is 16.7. The summed E-state index contributed by atoms with van der Waals surface area (Å²) in [6.07, 6.45) is 1.70. The van der Waals surface area contributed by atoms with E-state index in [4.69, 9.17) is 11.6 Å². The average molecular weight is 448 g/mol. The van der Waals surface area contributed by atoms with Gasteiger partial charge in [0.2, 0.25) is 0 Å². The van der Waals surface area contributed by atoms with Crippen LogP contribution in [0.2, 0.25) is 5.02 Å². The summed E-state index contributed by atoms with van der Waals surface area (Å²) in [5.74, 6) is -0.499. The highest BCUT2D eigenvalue weighted by atomic mass is 35.5. The maximum Gasteiger partial charge on any atom is 0.387 e. The Balaban J connectivity index is 1.60. The van der Waals surface area contributed by atoms with Gasteiger partial charge in [-0.2, -0.15) is 8.78 Å². The monoisotopic (exact) mass is 447 g/mol. The molecule has 1 heterocycles. The fourth-order valence-electron chi connectivity index (χ4n) is 3.56. The van der Waals surface area contributed by atoms with Crippen LogP contribution in [0.4, 0.5) is 17.6 Å². The number of nitrogens with zero attached hydrogens (tertiary/aromatic N) is 1. The van der Waals surface area contributed by atoms with Crippen molar-refractivity contribution in [3.05, 3.63) is 35.0 Å². The number of alkyl halides is 4. The molecule has 1 aromatic carbocycles. The summed E-state index contributed by atoms with van der Waals surface area (Å²) in [6, 6.07) is 3.38. The Kier molecular flexibility index (Phi) is 7.36. The van der Waals surface area contributed by atoms with Crippen LogP contribution >= 0.6 is 11.6 Å². The Labute approximate surface area is 176 Å². The lowest BCUT2D eigenvalue weighted by atomic mass is 9.90. The minimum atomic E-state index is -3.01. The number of amides is 1. The average Bonchev–Trinajstić information content (AvgIpc) is 2.69. The molecule has 3 rings (SSSR count). The summed E-state index contributed by atoms with van der Waals surface area (Å²) < 4.78 is 54.5. The zero-order valence-corrected chi connectivity index (χ0v) is 16.9. The Morgan fingerprint density at radius 3 is 2.43 bits per heavy atom. The van der Waals surface area contributed by atoms with Crippen molar-refractivity contribution in [3.8, 4) is 5.75 Å². The number of nitrogens with one attached hydrogen (secondary N) is 2. The minimum Gasteiger partial charge on any atom is -0.433 e. The third-order valence-electron chi connectivity index (χ3n) is 5.15. The van der Waals surface area contributed by atoms with E-state index in [9.17, 15) is 22.4 Å². The van der Waals surface area contributed by atoms with Crippen LogP contribution in [0.3, 0.4) is 0 Å². The largest absolute Gasteiger partial charge is 0.433 e. The van der Waals surface area contributed by atoms with Crippen molar-refractivity contribution in [2.24, 2.45) is 0 Å². The summed E-state index contributed by atoms with van der Waals surface area (Å²) in [7, 11) is 0. The predicted octanol–water partition coefficient (Wildman–Crippen LogP) is 4.77. The lowest BCUT2D eigenvalue weighted by molar-refractivity contribution is -0.0497. The molecule has 1 aromatic heterocycles. The molecule has 2 aromatic rings. The molecule has 5 nitrogen and oxygen atoms in total. The first-order chi connectivity index (χ1) is 14.2. The fraction of sp³-hybridized carbons (Fsp3) is 0.500. The SMILES string of the molecule is C[C@H](NC1CCC(NC(=O)c2cnc3cc(OC(F)F)c(Cl)cc3c2)CC1)C(F)F. The van der Waals surface area contributed by atoms with E-state index in [-0.39, 0.29) is 28.8 Å². The maximum absolute atomic E-state index is 12.7. The third kappa shape index (κ3) is 5.72. The molecule has 164 valence electrons. The zero-order chi connectivity index (χ0) is 21.8. The lowest BCUT2D eigenvalue weighted by Crippen LogP contribution is -2.46. The highest BCUT2D eigenvalue weighted by Gasteiger charge is 2.26. The van der Waals surface area contributed by atoms with Crippen LogP contribution in [0.15, 0.2) is 24.4 Å². The van der Waals surface area contributed by atoms with Crippen LogP contribution in [-0.2, 0) is 0 Å². The smallest absolute Gasteiger partial charge is 0.387 e. The quantitative estimate of drug-likeness (QED) is 0.600. The van der Waals surface area contributed by atoms with Crippen molar-refractivity contribution in [1.82, 2.24) is 15.6 Å². The number of carbonyl (C=O) groups excluding carboxylic acids is 1. The first-order valence-electron chi connectivity index (χ1n) is 9.62. The van der Waals surface area contributed by atoms with Gasteiger partial charge in [0.25, 0.3) is 12.3 Å². The molecule has 1 aliphatic rings. The number of carbonyl (C=O) groups is 1. The molecule has 0 spiro atoms. The lowest BCUT2D eigenvalue weighted by Gasteiger charge is -2.31. The molecule has 0 radical (unpaired) electrons. The van der Waals surface area contributed by atoms with Crippen molar-refractivity contribution in [2.75, 3.05) is 0 Å². The van der Waals surface area contributed by atoms with E-state index < -0.39 is 19.1 Å². The van der Waals surface area contributed by atoms with Crippen LogP contribution in [0.25, 0.3) is 10.9 Å². The van der Waals surface area contributed by atoms with E-state index in [1.807, 2.05) is 0 Å². The molecule has 30 heavy (non-hydrogen) atoms. The molecule has 0 aliphatic heterocycles. The van der Waals surface area contributed by atoms with Gasteiger partial charge >= 0.3 is 6.61 Å². The number of benzene rings is 1. The van der Waals surface area contributed by atoms with E-state index in [2.05, 4.69) is 20.4 Å². The molecular formula is C20H22ClF4N3O2. The second-order valence-corrected chi connectivity index (χ2v) is 7.80. The van der Waals surface area contributed by atoms with Gasteiger partial charge in [-0.05, 0) is 44.7 Å². The normalized spacial score (nSPS) is 20.5. The van der Waals surface area contributed by atoms with Crippen molar-refractivity contribution in [1.29, 1.82) is 0 Å². The number of pyridine rings is 1. The molecule has 0 bridgehead atoms. The Morgan fingerprint density at radius 1 is 1.13 bits per heavy atom. The van der Waals surface area contributed by atoms with Crippen LogP contribution in [0.5, 0.6) is 5.75 Å². The fourth-order valence-corrected chi connectivity index (χ4v) is 3.77. The molecule has 0 unspecified atom stereocenters. The number of rotatable bonds is 7. The second kappa shape index (κ2) is 9.78. The Bertz CT molecular complexity index is 892. The van der Waals surface area contributed by atoms with E-state index in [0.717, 1.165) is 0 Å². The number of halogens is 5. The number of fused-ring (bicyclic) bond motifs is 1. The van der Waals surface area contributed by atoms with Gasteiger partial charge in [-0.3, -0.25) is 9.78 Å². The van der Waals surface area contributed by atoms with Gasteiger partial charge in [0.15, 0.2) is 0 Å². The van der Waals surface area contributed by atoms with E-state index >= 15 is 0 Å². The Morgan fingerprint density at radius 2 is 1.80 bits per heavy atom. The topological polar surface area (TPSA) is 63.2 Å². The summed E-state index contributed by atoms with van der Waals surface area (Å²) in [5.41, 5.74) is 0.680. The number of ether oxygens (including phenoxy) is 1. The Hall–Kier alpha value is -2.13. The van der Waals surface area contributed by atoms with Crippen molar-refractivity contribution in [2.45, 2.75) is 63.8 Å². The zero-order valence-electron chi connectivity index (χ0n) is 16.2. The molecule has 1 aliphatic carbocycles. The van der Waals surface area contributed by atoms with Gasteiger partial charge in [-0.1, -0.05) is 11.6 Å². The molecule has 1 saturated carbocycles. The molecule has 10 heteroatoms. The van der Waals surface area contributed by atoms with Crippen LogP contribution < -0.4 is 15.4 Å². The van der Waals surface area contributed by atoms with Gasteiger partial charge < -0.3 is 15.4 Å². The number of aromatic nitrogens is 1. The minimum absolute atomic E-state index is 0.00833. The highest BCUT2D eigenvalue weighted by molar-refractivity contribution is 6.32. The van der Waals surface area contributed by atoms with E-state index in [0.29, 0.717) is 42.1 Å². The van der Waals surface area contributed by atoms with Crippen LogP contribution in [0.1, 0.15) is 43.0 Å². The van der Waals surface area contributed by atoms with Crippen molar-refractivity contribution in [3.63, 3.8) is 0 Å². The summed E-state index contributed by atoms with van der Waals surface area (Å²) >= 11 is 5.96. The molecule has 2 N–H and O–H groups in total. The summed E-state index contributed by atoms with van der Waals surface area (Å²) in [6.45, 7) is -1.55. The number of hydrogen-bond donors (Lipinski definition) is 2. The molecular weight excluding hydrogens is 426 g/mol. The molecule has 1 amide bonds. The molecule has 1 fully saturated rings.